The van der Waals surface area contributed by atoms with Crippen LogP contribution >= 0.6 is 11.6 Å². The number of nitrogens with zero attached hydrogens (tertiary/aromatic N) is 4. The summed E-state index contributed by atoms with van der Waals surface area (Å²) in [4.78, 5) is 28.2. The van der Waals surface area contributed by atoms with Gasteiger partial charge >= 0.3 is 0 Å². The van der Waals surface area contributed by atoms with E-state index < -0.39 is 33.8 Å². The maximum Gasteiger partial charge on any atom is 0.288 e. The Bertz CT molecular complexity index is 1490. The lowest BCUT2D eigenvalue weighted by molar-refractivity contribution is -0.384. The molecular weight excluding hydrogens is 512 g/mol. The van der Waals surface area contributed by atoms with E-state index >= 15 is 4.79 Å². The number of nitro benzene ring substituents is 1. The summed E-state index contributed by atoms with van der Waals surface area (Å²) in [6.07, 6.45) is 9.92. The van der Waals surface area contributed by atoms with Gasteiger partial charge in [-0.2, -0.15) is 10.5 Å². The average Bonchev–Trinajstić information content (AvgIpc) is 3.23. The Labute approximate surface area is 231 Å². The lowest BCUT2D eigenvalue weighted by Gasteiger charge is -2.57. The maximum absolute atomic E-state index is 15.0. The van der Waals surface area contributed by atoms with Crippen molar-refractivity contribution >= 4 is 29.1 Å². The normalized spacial score (nSPS) is 34.6. The lowest BCUT2D eigenvalue weighted by Crippen LogP contribution is -2.55. The molecule has 0 aromatic heterocycles. The average molecular weight is 539 g/mol. The van der Waals surface area contributed by atoms with Crippen molar-refractivity contribution in [1.82, 2.24) is 4.90 Å². The predicted molar refractivity (Wildman–Crippen MR) is 144 cm³/mol. The molecular formula is C31H27ClN4O3. The fourth-order valence-electron chi connectivity index (χ4n) is 9.26. The molecule has 4 bridgehead atoms. The molecule has 6 aliphatic rings. The smallest absolute Gasteiger partial charge is 0.288 e. The molecule has 2 aromatic carbocycles. The van der Waals surface area contributed by atoms with E-state index in [4.69, 9.17) is 11.6 Å². The number of hydrogen-bond acceptors (Lipinski definition) is 6. The van der Waals surface area contributed by atoms with Gasteiger partial charge in [-0.25, -0.2) is 0 Å². The van der Waals surface area contributed by atoms with Crippen LogP contribution in [0.25, 0.3) is 6.08 Å². The topological polar surface area (TPSA) is 111 Å². The third kappa shape index (κ3) is 3.29. The van der Waals surface area contributed by atoms with Crippen molar-refractivity contribution in [3.05, 3.63) is 80.5 Å². The standard InChI is InChI=1S/C31H27ClN4O3/c32-24-6-5-22(12-25(24)36(38)39)26-27(29(37)30-13-18-9-19(14-30)11-20(10-18)15-30)35-8-7-21-3-1-2-4-23(21)28(35)31(26,16-33)17-34/h1-8,12,18-20,26-28H,9-11,13-15H2/t18?,19?,20?,26-,27+,28-,30?/m0/s1. The van der Waals surface area contributed by atoms with Crippen LogP contribution in [-0.4, -0.2) is 21.6 Å². The van der Waals surface area contributed by atoms with Crippen LogP contribution in [0, 0.1) is 61.4 Å². The van der Waals surface area contributed by atoms with Crippen molar-refractivity contribution in [2.75, 3.05) is 0 Å². The molecule has 3 atom stereocenters. The maximum atomic E-state index is 15.0. The van der Waals surface area contributed by atoms with E-state index in [9.17, 15) is 20.6 Å². The van der Waals surface area contributed by atoms with Crippen LogP contribution in [0.5, 0.6) is 0 Å². The second-order valence-corrected chi connectivity index (χ2v) is 12.7. The minimum atomic E-state index is -1.65. The minimum absolute atomic E-state index is 0.0202. The summed E-state index contributed by atoms with van der Waals surface area (Å²) in [6, 6.07) is 15.3. The van der Waals surface area contributed by atoms with Crippen molar-refractivity contribution in [3.8, 4) is 12.1 Å². The van der Waals surface area contributed by atoms with Gasteiger partial charge in [0.15, 0.2) is 11.2 Å². The van der Waals surface area contributed by atoms with E-state index in [-0.39, 0.29) is 16.5 Å². The Morgan fingerprint density at radius 1 is 1.03 bits per heavy atom. The highest BCUT2D eigenvalue weighted by molar-refractivity contribution is 6.32. The number of halogens is 1. The Hall–Kier alpha value is -3.68. The van der Waals surface area contributed by atoms with Gasteiger partial charge in [0.25, 0.3) is 5.69 Å². The minimum Gasteiger partial charge on any atom is -0.357 e. The van der Waals surface area contributed by atoms with Crippen molar-refractivity contribution in [1.29, 1.82) is 10.5 Å². The van der Waals surface area contributed by atoms with Gasteiger partial charge in [-0.1, -0.05) is 41.9 Å². The van der Waals surface area contributed by atoms with Crippen LogP contribution < -0.4 is 0 Å². The molecule has 2 aromatic rings. The second-order valence-electron chi connectivity index (χ2n) is 12.3. The Kier molecular flexibility index (Phi) is 5.25. The number of hydrogen-bond donors (Lipinski definition) is 0. The number of ketones is 1. The highest BCUT2D eigenvalue weighted by atomic mass is 35.5. The molecule has 5 fully saturated rings. The number of fused-ring (bicyclic) bond motifs is 3. The summed E-state index contributed by atoms with van der Waals surface area (Å²) < 4.78 is 0. The van der Waals surface area contributed by atoms with Crippen LogP contribution in [-0.2, 0) is 4.79 Å². The highest BCUT2D eigenvalue weighted by Gasteiger charge is 2.67. The van der Waals surface area contributed by atoms with Gasteiger partial charge in [0.2, 0.25) is 0 Å². The molecule has 8 heteroatoms. The van der Waals surface area contributed by atoms with Crippen molar-refractivity contribution in [2.24, 2.45) is 28.6 Å². The van der Waals surface area contributed by atoms with E-state index in [0.29, 0.717) is 23.3 Å². The molecule has 2 heterocycles. The number of nitro groups is 1. The first kappa shape index (κ1) is 24.4. The quantitative estimate of drug-likeness (QED) is 0.322. The zero-order chi connectivity index (χ0) is 27.1. The molecule has 1 saturated heterocycles. The van der Waals surface area contributed by atoms with E-state index in [1.165, 1.54) is 31.4 Å². The van der Waals surface area contributed by atoms with Crippen LogP contribution in [0.15, 0.2) is 48.7 Å². The van der Waals surface area contributed by atoms with Crippen LogP contribution in [0.4, 0.5) is 5.69 Å². The largest absolute Gasteiger partial charge is 0.357 e. The van der Waals surface area contributed by atoms with Crippen LogP contribution in [0.2, 0.25) is 5.02 Å². The summed E-state index contributed by atoms with van der Waals surface area (Å²) >= 11 is 6.18. The van der Waals surface area contributed by atoms with Crippen LogP contribution in [0.3, 0.4) is 0 Å². The number of carbonyl (C=O) groups is 1. The zero-order valence-electron chi connectivity index (χ0n) is 21.3. The molecule has 0 unspecified atom stereocenters. The Balaban J connectivity index is 1.45. The van der Waals surface area contributed by atoms with E-state index in [2.05, 4.69) is 12.1 Å². The molecule has 0 amide bonds. The molecule has 39 heavy (non-hydrogen) atoms. The monoisotopic (exact) mass is 538 g/mol. The van der Waals surface area contributed by atoms with E-state index in [1.807, 2.05) is 41.4 Å². The summed E-state index contributed by atoms with van der Waals surface area (Å²) in [5.41, 5.74) is -0.273. The van der Waals surface area contributed by atoms with Gasteiger partial charge in [0, 0.05) is 23.6 Å². The number of nitriles is 2. The fourth-order valence-corrected chi connectivity index (χ4v) is 9.44. The first-order chi connectivity index (χ1) is 18.8. The van der Waals surface area contributed by atoms with E-state index in [0.717, 1.165) is 30.4 Å². The molecule has 196 valence electrons. The van der Waals surface area contributed by atoms with Gasteiger partial charge in [-0.05, 0) is 85.1 Å². The van der Waals surface area contributed by atoms with Crippen molar-refractivity contribution < 1.29 is 9.72 Å². The SMILES string of the molecule is N#CC1(C#N)[C@@H]2c3ccccc3C=CN2[C@@H](C(=O)C23CC4CC(CC(C4)C2)C3)[C@@H]1c1ccc(Cl)c([N+](=O)[O-])c1. The summed E-state index contributed by atoms with van der Waals surface area (Å²) in [6.45, 7) is 0. The predicted octanol–water partition coefficient (Wildman–Crippen LogP) is 6.56. The number of benzene rings is 2. The summed E-state index contributed by atoms with van der Waals surface area (Å²) in [7, 11) is 0. The van der Waals surface area contributed by atoms with Crippen molar-refractivity contribution in [2.45, 2.75) is 56.5 Å². The summed E-state index contributed by atoms with van der Waals surface area (Å²) in [5.74, 6) is 0.834. The number of carbonyl (C=O) groups excluding carboxylic acids is 1. The third-order valence-electron chi connectivity index (χ3n) is 10.3. The molecule has 0 N–H and O–H groups in total. The van der Waals surface area contributed by atoms with Gasteiger partial charge in [-0.3, -0.25) is 14.9 Å². The van der Waals surface area contributed by atoms with Gasteiger partial charge in [0.05, 0.1) is 29.1 Å². The molecule has 7 nitrogen and oxygen atoms in total. The molecule has 4 aliphatic carbocycles. The second kappa shape index (κ2) is 8.41. The number of rotatable bonds is 4. The molecule has 4 saturated carbocycles. The number of Topliss-reactive ketones (excluding diaryl/α,β-unsaturated/α-hetero) is 1. The van der Waals surface area contributed by atoms with E-state index in [1.54, 1.807) is 6.07 Å². The third-order valence-corrected chi connectivity index (χ3v) is 10.6. The molecule has 8 rings (SSSR count). The Morgan fingerprint density at radius 3 is 2.28 bits per heavy atom. The first-order valence-electron chi connectivity index (χ1n) is 13.7. The molecule has 0 radical (unpaired) electrons. The van der Waals surface area contributed by atoms with Gasteiger partial charge in [0.1, 0.15) is 5.02 Å². The zero-order valence-corrected chi connectivity index (χ0v) is 22.1. The first-order valence-corrected chi connectivity index (χ1v) is 14.0. The Morgan fingerprint density at radius 2 is 1.67 bits per heavy atom. The fraction of sp³-hybridized carbons (Fsp3) is 0.452. The molecule has 2 aliphatic heterocycles. The van der Waals surface area contributed by atoms with Gasteiger partial charge < -0.3 is 4.90 Å². The highest BCUT2D eigenvalue weighted by Crippen LogP contribution is 2.65. The molecule has 0 spiro atoms. The van der Waals surface area contributed by atoms with Gasteiger partial charge in [-0.15, -0.1) is 0 Å². The van der Waals surface area contributed by atoms with Crippen LogP contribution in [0.1, 0.15) is 67.2 Å². The van der Waals surface area contributed by atoms with Crippen molar-refractivity contribution in [3.63, 3.8) is 0 Å². The summed E-state index contributed by atoms with van der Waals surface area (Å²) in [5, 5.41) is 33.4. The lowest BCUT2D eigenvalue weighted by atomic mass is 9.47.